The molecular formula is C23H20FN5O. The van der Waals surface area contributed by atoms with Gasteiger partial charge in [0, 0.05) is 12.7 Å². The average Bonchev–Trinajstić information content (AvgIpc) is 3.38. The molecule has 150 valence electrons. The molecule has 4 aromatic rings. The molecule has 1 atom stereocenters. The van der Waals surface area contributed by atoms with Crippen molar-refractivity contribution >= 4 is 5.65 Å². The van der Waals surface area contributed by atoms with Crippen molar-refractivity contribution < 1.29 is 9.13 Å². The van der Waals surface area contributed by atoms with Crippen molar-refractivity contribution in [1.82, 2.24) is 24.1 Å². The summed E-state index contributed by atoms with van der Waals surface area (Å²) >= 11 is 0. The summed E-state index contributed by atoms with van der Waals surface area (Å²) in [5.41, 5.74) is 4.39. The number of hydrogen-bond acceptors (Lipinski definition) is 4. The third-order valence-corrected chi connectivity index (χ3v) is 5.53. The van der Waals surface area contributed by atoms with E-state index in [0.29, 0.717) is 23.9 Å². The minimum atomic E-state index is -0.286. The monoisotopic (exact) mass is 401 g/mol. The lowest BCUT2D eigenvalue weighted by Crippen LogP contribution is -2.17. The van der Waals surface area contributed by atoms with Crippen molar-refractivity contribution in [3.63, 3.8) is 0 Å². The topological polar surface area (TPSA) is 57.2 Å². The third-order valence-electron chi connectivity index (χ3n) is 5.53. The van der Waals surface area contributed by atoms with Crippen molar-refractivity contribution in [3.8, 4) is 35.0 Å². The van der Waals surface area contributed by atoms with Crippen molar-refractivity contribution in [1.29, 1.82) is 0 Å². The number of methoxy groups -OCH3 is 1. The van der Waals surface area contributed by atoms with Crippen LogP contribution < -0.4 is 0 Å². The van der Waals surface area contributed by atoms with E-state index in [9.17, 15) is 4.39 Å². The summed E-state index contributed by atoms with van der Waals surface area (Å²) in [4.78, 5) is 9.00. The molecule has 3 heterocycles. The van der Waals surface area contributed by atoms with Gasteiger partial charge in [-0.05, 0) is 61.1 Å². The number of aromatic nitrogens is 5. The number of rotatable bonds is 6. The molecule has 1 fully saturated rings. The Morgan fingerprint density at radius 2 is 2.00 bits per heavy atom. The zero-order valence-corrected chi connectivity index (χ0v) is 16.5. The Bertz CT molecular complexity index is 1250. The first-order valence-electron chi connectivity index (χ1n) is 9.83. The Balaban J connectivity index is 1.72. The van der Waals surface area contributed by atoms with Crippen LogP contribution in [-0.2, 0) is 4.74 Å². The molecule has 1 unspecified atom stereocenters. The highest BCUT2D eigenvalue weighted by Crippen LogP contribution is 2.43. The van der Waals surface area contributed by atoms with E-state index in [0.717, 1.165) is 35.5 Å². The first-order chi connectivity index (χ1) is 14.7. The van der Waals surface area contributed by atoms with E-state index in [4.69, 9.17) is 21.2 Å². The number of hydrogen-bond donors (Lipinski definition) is 0. The second kappa shape index (κ2) is 7.39. The predicted molar refractivity (Wildman–Crippen MR) is 111 cm³/mol. The van der Waals surface area contributed by atoms with Crippen molar-refractivity contribution in [2.45, 2.75) is 18.9 Å². The van der Waals surface area contributed by atoms with Crippen LogP contribution >= 0.6 is 0 Å². The van der Waals surface area contributed by atoms with Crippen LogP contribution in [0.3, 0.4) is 0 Å². The molecule has 1 aliphatic rings. The molecule has 0 aliphatic heterocycles. The van der Waals surface area contributed by atoms with Gasteiger partial charge in [0.1, 0.15) is 17.2 Å². The fraction of sp³-hybridized carbons (Fsp3) is 0.261. The molecule has 7 heteroatoms. The summed E-state index contributed by atoms with van der Waals surface area (Å²) in [6.45, 7) is 0.583. The average molecular weight is 401 g/mol. The van der Waals surface area contributed by atoms with Crippen molar-refractivity contribution in [3.05, 3.63) is 60.4 Å². The Morgan fingerprint density at radius 1 is 1.20 bits per heavy atom. The first-order valence-corrected chi connectivity index (χ1v) is 9.83. The molecule has 0 amide bonds. The summed E-state index contributed by atoms with van der Waals surface area (Å²) in [7, 11) is 1.71. The van der Waals surface area contributed by atoms with Gasteiger partial charge in [-0.15, -0.1) is 6.42 Å². The molecule has 0 bridgehead atoms. The molecule has 3 aromatic heterocycles. The smallest absolute Gasteiger partial charge is 0.154 e. The van der Waals surface area contributed by atoms with Crippen molar-refractivity contribution in [2.75, 3.05) is 13.7 Å². The maximum atomic E-state index is 13.5. The summed E-state index contributed by atoms with van der Waals surface area (Å²) in [5.74, 6) is 2.87. The maximum absolute atomic E-state index is 13.5. The SMILES string of the molecule is C#Cc1cnc2ccc(-c3c(-c4ccc(F)cc4)ncn3C(COC)C3CC3)nn12. The van der Waals surface area contributed by atoms with E-state index in [2.05, 4.69) is 15.5 Å². The van der Waals surface area contributed by atoms with Crippen LogP contribution in [0.1, 0.15) is 24.6 Å². The lowest BCUT2D eigenvalue weighted by Gasteiger charge is -2.20. The summed E-state index contributed by atoms with van der Waals surface area (Å²) in [6, 6.07) is 10.3. The Hall–Kier alpha value is -3.50. The van der Waals surface area contributed by atoms with Gasteiger partial charge in [0.25, 0.3) is 0 Å². The first kappa shape index (κ1) is 18.5. The largest absolute Gasteiger partial charge is 0.383 e. The molecule has 0 saturated heterocycles. The second-order valence-electron chi connectivity index (χ2n) is 7.49. The highest BCUT2D eigenvalue weighted by Gasteiger charge is 2.35. The summed E-state index contributed by atoms with van der Waals surface area (Å²) in [5, 5.41) is 4.77. The zero-order valence-electron chi connectivity index (χ0n) is 16.5. The number of fused-ring (bicyclic) bond motifs is 1. The van der Waals surface area contributed by atoms with Crippen LogP contribution in [0.25, 0.3) is 28.3 Å². The summed E-state index contributed by atoms with van der Waals surface area (Å²) in [6.07, 6.45) is 11.4. The van der Waals surface area contributed by atoms with Gasteiger partial charge in [0.05, 0.1) is 36.6 Å². The van der Waals surface area contributed by atoms with Crippen LogP contribution in [0.4, 0.5) is 4.39 Å². The Morgan fingerprint density at radius 3 is 2.70 bits per heavy atom. The minimum absolute atomic E-state index is 0.152. The molecule has 1 aromatic carbocycles. The van der Waals surface area contributed by atoms with Gasteiger partial charge < -0.3 is 9.30 Å². The van der Waals surface area contributed by atoms with E-state index in [1.165, 1.54) is 12.1 Å². The molecule has 0 radical (unpaired) electrons. The van der Waals surface area contributed by atoms with Gasteiger partial charge in [-0.3, -0.25) is 0 Å². The van der Waals surface area contributed by atoms with Gasteiger partial charge in [0.15, 0.2) is 5.65 Å². The van der Waals surface area contributed by atoms with Gasteiger partial charge in [-0.25, -0.2) is 18.9 Å². The van der Waals surface area contributed by atoms with E-state index < -0.39 is 0 Å². The second-order valence-corrected chi connectivity index (χ2v) is 7.49. The number of halogens is 1. The Kier molecular flexibility index (Phi) is 4.57. The van der Waals surface area contributed by atoms with Crippen molar-refractivity contribution in [2.24, 2.45) is 5.92 Å². The number of terminal acetylenes is 1. The molecule has 0 N–H and O–H groups in total. The molecule has 5 rings (SSSR count). The van der Waals surface area contributed by atoms with E-state index in [-0.39, 0.29) is 11.9 Å². The maximum Gasteiger partial charge on any atom is 0.154 e. The highest BCUT2D eigenvalue weighted by molar-refractivity contribution is 5.77. The van der Waals surface area contributed by atoms with Crippen LogP contribution in [0.2, 0.25) is 0 Å². The number of benzene rings is 1. The Labute approximate surface area is 173 Å². The fourth-order valence-corrected chi connectivity index (χ4v) is 3.88. The molecule has 6 nitrogen and oxygen atoms in total. The molecule has 1 saturated carbocycles. The third kappa shape index (κ3) is 3.15. The van der Waals surface area contributed by atoms with Crippen LogP contribution in [0.15, 0.2) is 48.9 Å². The number of nitrogens with zero attached hydrogens (tertiary/aromatic N) is 5. The number of imidazole rings is 2. The van der Waals surface area contributed by atoms with Crippen LogP contribution in [0.5, 0.6) is 0 Å². The molecular weight excluding hydrogens is 381 g/mol. The lowest BCUT2D eigenvalue weighted by atomic mass is 10.1. The minimum Gasteiger partial charge on any atom is -0.383 e. The van der Waals surface area contributed by atoms with Crippen LogP contribution in [-0.4, -0.2) is 37.9 Å². The van der Waals surface area contributed by atoms with Gasteiger partial charge in [-0.1, -0.05) is 0 Å². The van der Waals surface area contributed by atoms with Gasteiger partial charge >= 0.3 is 0 Å². The fourth-order valence-electron chi connectivity index (χ4n) is 3.88. The molecule has 0 spiro atoms. The van der Waals surface area contributed by atoms with Gasteiger partial charge in [0.2, 0.25) is 0 Å². The lowest BCUT2D eigenvalue weighted by molar-refractivity contribution is 0.146. The van der Waals surface area contributed by atoms with E-state index >= 15 is 0 Å². The predicted octanol–water partition coefficient (Wildman–Crippen LogP) is 3.98. The van der Waals surface area contributed by atoms with Crippen LogP contribution in [0, 0.1) is 24.1 Å². The van der Waals surface area contributed by atoms with E-state index in [1.54, 1.807) is 30.0 Å². The normalized spacial score (nSPS) is 14.7. The molecule has 1 aliphatic carbocycles. The zero-order chi connectivity index (χ0) is 20.7. The summed E-state index contributed by atoms with van der Waals surface area (Å²) < 4.78 is 22.8. The highest BCUT2D eigenvalue weighted by atomic mass is 19.1. The quantitative estimate of drug-likeness (QED) is 0.459. The van der Waals surface area contributed by atoms with Gasteiger partial charge in [-0.2, -0.15) is 5.10 Å². The molecule has 30 heavy (non-hydrogen) atoms. The van der Waals surface area contributed by atoms with E-state index in [1.807, 2.05) is 18.5 Å². The standard InChI is InChI=1S/C23H20FN5O/c1-3-18-12-25-21-11-10-19(27-29(18)21)23-22(16-6-8-17(24)9-7-16)26-14-28(23)20(13-30-2)15-4-5-15/h1,6-12,14-15,20H,4-5,13H2,2H3. The number of ether oxygens (including phenoxy) is 1.